The molecule has 0 bridgehead atoms. The Morgan fingerprint density at radius 1 is 1.27 bits per heavy atom. The second-order valence-electron chi connectivity index (χ2n) is 3.98. The Hall–Kier alpha value is -0.930. The minimum absolute atomic E-state index is 0.170. The maximum Gasteiger partial charge on any atom is 0.182 e. The van der Waals surface area contributed by atoms with E-state index < -0.39 is 5.67 Å². The van der Waals surface area contributed by atoms with E-state index in [-0.39, 0.29) is 19.8 Å². The third-order valence-corrected chi connectivity index (χ3v) is 2.76. The summed E-state index contributed by atoms with van der Waals surface area (Å²) in [6.45, 7) is 0.536. The monoisotopic (exact) mass is 210 g/mol. The molecule has 1 aromatic rings. The van der Waals surface area contributed by atoms with E-state index >= 15 is 0 Å². The maximum atomic E-state index is 13.9. The van der Waals surface area contributed by atoms with Crippen LogP contribution in [0.25, 0.3) is 0 Å². The number of hydrogen-bond acceptors (Lipinski definition) is 2. The Bertz CT molecular complexity index is 317. The highest BCUT2D eigenvalue weighted by atomic mass is 19.1. The second-order valence-corrected chi connectivity index (χ2v) is 3.98. The molecule has 0 amide bonds. The Balaban J connectivity index is 2.03. The average molecular weight is 210 g/mol. The fourth-order valence-electron chi connectivity index (χ4n) is 1.70. The van der Waals surface area contributed by atoms with E-state index in [2.05, 4.69) is 0 Å². The summed E-state index contributed by atoms with van der Waals surface area (Å²) in [6.07, 6.45) is 1.59. The van der Waals surface area contributed by atoms with Gasteiger partial charge in [-0.3, -0.25) is 0 Å². The molecule has 0 radical (unpaired) electrons. The lowest BCUT2D eigenvalue weighted by molar-refractivity contribution is -0.135. The van der Waals surface area contributed by atoms with Gasteiger partial charge in [0.05, 0.1) is 13.2 Å². The first-order valence-electron chi connectivity index (χ1n) is 5.21. The van der Waals surface area contributed by atoms with Gasteiger partial charge in [0, 0.05) is 6.61 Å². The fourth-order valence-corrected chi connectivity index (χ4v) is 1.70. The molecule has 15 heavy (non-hydrogen) atoms. The van der Waals surface area contributed by atoms with E-state index in [9.17, 15) is 4.39 Å². The normalized spacial score (nSPS) is 18.5. The van der Waals surface area contributed by atoms with Gasteiger partial charge >= 0.3 is 0 Å². The van der Waals surface area contributed by atoms with Crippen LogP contribution in [-0.2, 0) is 16.8 Å². The summed E-state index contributed by atoms with van der Waals surface area (Å²) in [5, 5.41) is 8.68. The topological polar surface area (TPSA) is 29.5 Å². The molecule has 2 rings (SSSR count). The molecule has 0 saturated carbocycles. The number of benzene rings is 1. The van der Waals surface area contributed by atoms with Crippen molar-refractivity contribution in [3.05, 3.63) is 35.4 Å². The molecule has 0 spiro atoms. The van der Waals surface area contributed by atoms with Gasteiger partial charge in [-0.15, -0.1) is 0 Å². The van der Waals surface area contributed by atoms with Gasteiger partial charge in [-0.1, -0.05) is 24.3 Å². The van der Waals surface area contributed by atoms with Crippen LogP contribution in [0.2, 0.25) is 0 Å². The highest BCUT2D eigenvalue weighted by molar-refractivity contribution is 5.29. The van der Waals surface area contributed by atoms with E-state index in [4.69, 9.17) is 9.84 Å². The molecule has 82 valence electrons. The molecule has 1 aliphatic rings. The number of aliphatic hydroxyl groups is 1. The van der Waals surface area contributed by atoms with Crippen molar-refractivity contribution >= 4 is 0 Å². The average Bonchev–Trinajstić information content (AvgIpc) is 2.24. The van der Waals surface area contributed by atoms with Gasteiger partial charge < -0.3 is 9.84 Å². The quantitative estimate of drug-likeness (QED) is 0.821. The van der Waals surface area contributed by atoms with E-state index in [0.717, 1.165) is 18.4 Å². The standard InChI is InChI=1S/C12H15FO2/c13-12(8-15-9-12)11-5-3-10(4-6-11)2-1-7-14/h3-6,14H,1-2,7-9H2. The van der Waals surface area contributed by atoms with Gasteiger partial charge in [0.1, 0.15) is 0 Å². The van der Waals surface area contributed by atoms with Crippen molar-refractivity contribution in [2.24, 2.45) is 0 Å². The number of ether oxygens (including phenoxy) is 1. The molecule has 3 heteroatoms. The number of halogens is 1. The van der Waals surface area contributed by atoms with Crippen LogP contribution in [-0.4, -0.2) is 24.9 Å². The summed E-state index contributed by atoms with van der Waals surface area (Å²) in [5.74, 6) is 0. The van der Waals surface area contributed by atoms with Crippen LogP contribution in [0.3, 0.4) is 0 Å². The summed E-state index contributed by atoms with van der Waals surface area (Å²) in [4.78, 5) is 0. The first-order chi connectivity index (χ1) is 7.24. The molecule has 1 heterocycles. The van der Waals surface area contributed by atoms with Gasteiger partial charge in [0.15, 0.2) is 5.67 Å². The minimum Gasteiger partial charge on any atom is -0.396 e. The summed E-state index contributed by atoms with van der Waals surface area (Å²) in [6, 6.07) is 7.47. The van der Waals surface area contributed by atoms with E-state index in [1.807, 2.05) is 24.3 Å². The van der Waals surface area contributed by atoms with E-state index in [1.165, 1.54) is 0 Å². The molecule has 0 unspecified atom stereocenters. The third kappa shape index (κ3) is 2.19. The fraction of sp³-hybridized carbons (Fsp3) is 0.500. The molecule has 1 aliphatic heterocycles. The van der Waals surface area contributed by atoms with Gasteiger partial charge in [-0.25, -0.2) is 4.39 Å². The van der Waals surface area contributed by atoms with Crippen molar-refractivity contribution in [1.29, 1.82) is 0 Å². The van der Waals surface area contributed by atoms with Crippen LogP contribution in [0.4, 0.5) is 4.39 Å². The maximum absolute atomic E-state index is 13.9. The lowest BCUT2D eigenvalue weighted by Gasteiger charge is -2.34. The molecule has 1 saturated heterocycles. The Morgan fingerprint density at radius 2 is 1.93 bits per heavy atom. The van der Waals surface area contributed by atoms with Crippen LogP contribution < -0.4 is 0 Å². The molecule has 0 aromatic heterocycles. The Labute approximate surface area is 88.7 Å². The number of alkyl halides is 1. The predicted molar refractivity (Wildman–Crippen MR) is 55.5 cm³/mol. The van der Waals surface area contributed by atoms with Crippen molar-refractivity contribution in [2.75, 3.05) is 19.8 Å². The largest absolute Gasteiger partial charge is 0.396 e. The van der Waals surface area contributed by atoms with Crippen LogP contribution in [0.15, 0.2) is 24.3 Å². The summed E-state index contributed by atoms with van der Waals surface area (Å²) < 4.78 is 18.7. The zero-order valence-corrected chi connectivity index (χ0v) is 8.58. The van der Waals surface area contributed by atoms with Crippen molar-refractivity contribution in [3.8, 4) is 0 Å². The van der Waals surface area contributed by atoms with Gasteiger partial charge in [-0.05, 0) is 24.0 Å². The van der Waals surface area contributed by atoms with E-state index in [1.54, 1.807) is 0 Å². The zero-order valence-electron chi connectivity index (χ0n) is 8.58. The Kier molecular flexibility index (Phi) is 3.03. The molecule has 2 nitrogen and oxygen atoms in total. The SMILES string of the molecule is OCCCc1ccc(C2(F)COC2)cc1. The summed E-state index contributed by atoms with van der Waals surface area (Å²) >= 11 is 0. The van der Waals surface area contributed by atoms with Crippen molar-refractivity contribution < 1.29 is 14.2 Å². The van der Waals surface area contributed by atoms with Gasteiger partial charge in [0.2, 0.25) is 0 Å². The molecular weight excluding hydrogens is 195 g/mol. The van der Waals surface area contributed by atoms with Crippen LogP contribution >= 0.6 is 0 Å². The lowest BCUT2D eigenvalue weighted by atomic mass is 9.93. The molecule has 0 aliphatic carbocycles. The second kappa shape index (κ2) is 4.29. The number of hydrogen-bond donors (Lipinski definition) is 1. The smallest absolute Gasteiger partial charge is 0.182 e. The number of aryl methyl sites for hydroxylation is 1. The van der Waals surface area contributed by atoms with Gasteiger partial charge in [0.25, 0.3) is 0 Å². The van der Waals surface area contributed by atoms with Crippen molar-refractivity contribution in [2.45, 2.75) is 18.5 Å². The molecule has 1 fully saturated rings. The summed E-state index contributed by atoms with van der Waals surface area (Å²) in [5.41, 5.74) is 0.563. The lowest BCUT2D eigenvalue weighted by Crippen LogP contribution is -2.42. The predicted octanol–water partition coefficient (Wildman–Crippen LogP) is 1.81. The molecular formula is C12H15FO2. The van der Waals surface area contributed by atoms with Gasteiger partial charge in [-0.2, -0.15) is 0 Å². The number of aliphatic hydroxyl groups excluding tert-OH is 1. The summed E-state index contributed by atoms with van der Waals surface area (Å²) in [7, 11) is 0. The van der Waals surface area contributed by atoms with Crippen molar-refractivity contribution in [1.82, 2.24) is 0 Å². The van der Waals surface area contributed by atoms with Crippen molar-refractivity contribution in [3.63, 3.8) is 0 Å². The third-order valence-electron chi connectivity index (χ3n) is 2.76. The van der Waals surface area contributed by atoms with Crippen LogP contribution in [0.5, 0.6) is 0 Å². The van der Waals surface area contributed by atoms with Crippen LogP contribution in [0, 0.1) is 0 Å². The highest BCUT2D eigenvalue weighted by Crippen LogP contribution is 2.33. The zero-order chi connectivity index (χ0) is 10.7. The van der Waals surface area contributed by atoms with E-state index in [0.29, 0.717) is 5.56 Å². The molecule has 1 N–H and O–H groups in total. The molecule has 0 atom stereocenters. The first kappa shape index (κ1) is 10.6. The first-order valence-corrected chi connectivity index (χ1v) is 5.21. The highest BCUT2D eigenvalue weighted by Gasteiger charge is 2.40. The number of rotatable bonds is 4. The minimum atomic E-state index is -1.27. The molecule has 1 aromatic carbocycles. The Morgan fingerprint density at radius 3 is 2.40 bits per heavy atom. The van der Waals surface area contributed by atoms with Crippen LogP contribution in [0.1, 0.15) is 17.5 Å².